The minimum atomic E-state index is 0.178. The smallest absolute Gasteiger partial charge is 0.171 e. The van der Waals surface area contributed by atoms with Gasteiger partial charge in [0.05, 0.1) is 6.04 Å². The summed E-state index contributed by atoms with van der Waals surface area (Å²) in [7, 11) is 0. The minimum absolute atomic E-state index is 0.178. The Morgan fingerprint density at radius 1 is 1.00 bits per heavy atom. The van der Waals surface area contributed by atoms with Crippen LogP contribution >= 0.6 is 12.2 Å². The molecule has 0 saturated heterocycles. The molecule has 0 amide bonds. The Hall–Kier alpha value is -2.13. The molecule has 0 radical (unpaired) electrons. The third-order valence-electron chi connectivity index (χ3n) is 4.54. The lowest BCUT2D eigenvalue weighted by molar-refractivity contribution is 0.667. The first kappa shape index (κ1) is 13.5. The van der Waals surface area contributed by atoms with E-state index in [0.29, 0.717) is 5.11 Å². The van der Waals surface area contributed by atoms with E-state index in [4.69, 9.17) is 12.2 Å². The van der Waals surface area contributed by atoms with Crippen LogP contribution in [0.25, 0.3) is 5.70 Å². The van der Waals surface area contributed by atoms with Crippen molar-refractivity contribution in [3.63, 3.8) is 0 Å². The average Bonchev–Trinajstić information content (AvgIpc) is 2.55. The van der Waals surface area contributed by atoms with Gasteiger partial charge in [-0.3, -0.25) is 0 Å². The van der Waals surface area contributed by atoms with Gasteiger partial charge in [0.15, 0.2) is 5.11 Å². The highest BCUT2D eigenvalue weighted by atomic mass is 32.1. The molecule has 4 rings (SSSR count). The van der Waals surface area contributed by atoms with Crippen molar-refractivity contribution < 1.29 is 0 Å². The Morgan fingerprint density at radius 3 is 2.59 bits per heavy atom. The molecule has 1 unspecified atom stereocenters. The van der Waals surface area contributed by atoms with Crippen LogP contribution in [-0.2, 0) is 6.42 Å². The van der Waals surface area contributed by atoms with Crippen LogP contribution in [0, 0.1) is 6.92 Å². The molecule has 1 aliphatic heterocycles. The third-order valence-corrected chi connectivity index (χ3v) is 4.76. The highest BCUT2D eigenvalue weighted by molar-refractivity contribution is 7.80. The molecule has 22 heavy (non-hydrogen) atoms. The van der Waals surface area contributed by atoms with E-state index in [1.54, 1.807) is 0 Å². The van der Waals surface area contributed by atoms with E-state index in [9.17, 15) is 0 Å². The minimum Gasteiger partial charge on any atom is -0.352 e. The number of benzene rings is 2. The fourth-order valence-electron chi connectivity index (χ4n) is 3.40. The van der Waals surface area contributed by atoms with Gasteiger partial charge in [-0.1, -0.05) is 54.1 Å². The molecule has 1 aliphatic carbocycles. The number of thiocarbonyl (C=S) groups is 1. The van der Waals surface area contributed by atoms with Gasteiger partial charge in [-0.25, -0.2) is 0 Å². The summed E-state index contributed by atoms with van der Waals surface area (Å²) < 4.78 is 0. The molecule has 2 N–H and O–H groups in total. The molecule has 2 aliphatic rings. The second-order valence-corrected chi connectivity index (χ2v) is 6.41. The van der Waals surface area contributed by atoms with Crippen LogP contribution in [0.4, 0.5) is 0 Å². The standard InChI is InChI=1S/C19H18N2S/c1-12-6-8-14(9-7-12)17-16-11-10-13-4-2-3-5-15(13)18(16)21-19(22)20-17/h2-9,17H,10-11H2,1H3,(H2,20,21,22). The van der Waals surface area contributed by atoms with E-state index < -0.39 is 0 Å². The molecule has 0 aromatic heterocycles. The average molecular weight is 306 g/mol. The Labute approximate surface area is 136 Å². The maximum absolute atomic E-state index is 5.45. The van der Waals surface area contributed by atoms with Crippen molar-refractivity contribution in [2.45, 2.75) is 25.8 Å². The van der Waals surface area contributed by atoms with Gasteiger partial charge >= 0.3 is 0 Å². The summed E-state index contributed by atoms with van der Waals surface area (Å²) in [6.45, 7) is 2.12. The zero-order chi connectivity index (χ0) is 15.1. The third kappa shape index (κ3) is 2.22. The van der Waals surface area contributed by atoms with Crippen molar-refractivity contribution >= 4 is 23.0 Å². The molecular weight excluding hydrogens is 288 g/mol. The van der Waals surface area contributed by atoms with Crippen LogP contribution in [0.15, 0.2) is 54.1 Å². The highest BCUT2D eigenvalue weighted by Crippen LogP contribution is 2.38. The van der Waals surface area contributed by atoms with E-state index in [0.717, 1.165) is 12.8 Å². The molecular formula is C19H18N2S. The lowest BCUT2D eigenvalue weighted by Crippen LogP contribution is -2.44. The monoisotopic (exact) mass is 306 g/mol. The molecule has 0 bridgehead atoms. The van der Waals surface area contributed by atoms with Gasteiger partial charge in [0.25, 0.3) is 0 Å². The van der Waals surface area contributed by atoms with Gasteiger partial charge in [-0.05, 0) is 48.7 Å². The van der Waals surface area contributed by atoms with Gasteiger partial charge in [0.2, 0.25) is 0 Å². The van der Waals surface area contributed by atoms with Crippen LogP contribution < -0.4 is 10.6 Å². The molecule has 3 heteroatoms. The van der Waals surface area contributed by atoms with Crippen molar-refractivity contribution in [1.29, 1.82) is 0 Å². The van der Waals surface area contributed by atoms with E-state index in [-0.39, 0.29) is 6.04 Å². The summed E-state index contributed by atoms with van der Waals surface area (Å²) in [5.74, 6) is 0. The molecule has 0 spiro atoms. The molecule has 1 heterocycles. The Bertz CT molecular complexity index is 774. The van der Waals surface area contributed by atoms with Crippen molar-refractivity contribution in [1.82, 2.24) is 10.6 Å². The van der Waals surface area contributed by atoms with E-state index in [1.807, 2.05) is 0 Å². The summed E-state index contributed by atoms with van der Waals surface area (Å²) >= 11 is 5.45. The van der Waals surface area contributed by atoms with Crippen molar-refractivity contribution in [3.8, 4) is 0 Å². The van der Waals surface area contributed by atoms with Crippen LogP contribution in [0.3, 0.4) is 0 Å². The molecule has 110 valence electrons. The second-order valence-electron chi connectivity index (χ2n) is 6.00. The van der Waals surface area contributed by atoms with Crippen LogP contribution in [-0.4, -0.2) is 5.11 Å². The molecule has 1 atom stereocenters. The fourth-order valence-corrected chi connectivity index (χ4v) is 3.62. The zero-order valence-electron chi connectivity index (χ0n) is 12.5. The van der Waals surface area contributed by atoms with Gasteiger partial charge < -0.3 is 10.6 Å². The van der Waals surface area contributed by atoms with Crippen molar-refractivity contribution in [3.05, 3.63) is 76.4 Å². The number of aryl methyl sites for hydroxylation is 2. The summed E-state index contributed by atoms with van der Waals surface area (Å²) in [5.41, 5.74) is 7.88. The van der Waals surface area contributed by atoms with Crippen molar-refractivity contribution in [2.24, 2.45) is 0 Å². The Morgan fingerprint density at radius 2 is 1.77 bits per heavy atom. The summed E-state index contributed by atoms with van der Waals surface area (Å²) in [5, 5.41) is 7.54. The van der Waals surface area contributed by atoms with Gasteiger partial charge in [0, 0.05) is 11.3 Å². The molecule has 0 saturated carbocycles. The fraction of sp³-hybridized carbons (Fsp3) is 0.211. The lowest BCUT2D eigenvalue weighted by Gasteiger charge is -2.35. The Balaban J connectivity index is 1.84. The normalized spacial score (nSPS) is 19.9. The molecule has 0 fully saturated rings. The summed E-state index contributed by atoms with van der Waals surface area (Å²) in [6.07, 6.45) is 2.15. The topological polar surface area (TPSA) is 24.1 Å². The predicted octanol–water partition coefficient (Wildman–Crippen LogP) is 3.87. The first-order valence-corrected chi connectivity index (χ1v) is 8.08. The number of hydrogen-bond acceptors (Lipinski definition) is 1. The molecule has 2 nitrogen and oxygen atoms in total. The number of rotatable bonds is 1. The maximum atomic E-state index is 5.45. The number of fused-ring (bicyclic) bond motifs is 2. The van der Waals surface area contributed by atoms with Crippen molar-refractivity contribution in [2.75, 3.05) is 0 Å². The predicted molar refractivity (Wildman–Crippen MR) is 94.5 cm³/mol. The van der Waals surface area contributed by atoms with Crippen LogP contribution in [0.1, 0.15) is 34.7 Å². The van der Waals surface area contributed by atoms with E-state index in [1.165, 1.54) is 33.5 Å². The van der Waals surface area contributed by atoms with Gasteiger partial charge in [0.1, 0.15) is 0 Å². The van der Waals surface area contributed by atoms with Crippen LogP contribution in [0.5, 0.6) is 0 Å². The lowest BCUT2D eigenvalue weighted by atomic mass is 9.83. The van der Waals surface area contributed by atoms with E-state index >= 15 is 0 Å². The largest absolute Gasteiger partial charge is 0.352 e. The summed E-state index contributed by atoms with van der Waals surface area (Å²) in [4.78, 5) is 0. The number of hydrogen-bond donors (Lipinski definition) is 2. The highest BCUT2D eigenvalue weighted by Gasteiger charge is 2.30. The first-order valence-electron chi connectivity index (χ1n) is 7.68. The number of nitrogens with one attached hydrogen (secondary N) is 2. The Kier molecular flexibility index (Phi) is 3.23. The SMILES string of the molecule is Cc1ccc(C2NC(=S)NC3=C2CCc2ccccc23)cc1. The first-order chi connectivity index (χ1) is 10.7. The summed E-state index contributed by atoms with van der Waals surface area (Å²) in [6, 6.07) is 17.5. The molecule has 2 aromatic carbocycles. The molecule has 2 aromatic rings. The quantitative estimate of drug-likeness (QED) is 0.782. The van der Waals surface area contributed by atoms with Crippen LogP contribution in [0.2, 0.25) is 0 Å². The van der Waals surface area contributed by atoms with Gasteiger partial charge in [-0.2, -0.15) is 0 Å². The zero-order valence-corrected chi connectivity index (χ0v) is 13.3. The van der Waals surface area contributed by atoms with E-state index in [2.05, 4.69) is 66.1 Å². The maximum Gasteiger partial charge on any atom is 0.171 e. The second kappa shape index (κ2) is 5.25. The van der Waals surface area contributed by atoms with Gasteiger partial charge in [-0.15, -0.1) is 0 Å².